The van der Waals surface area contributed by atoms with E-state index in [2.05, 4.69) is 5.32 Å². The Morgan fingerprint density at radius 3 is 2.50 bits per heavy atom. The number of nitrogens with one attached hydrogen (secondary N) is 1. The van der Waals surface area contributed by atoms with Gasteiger partial charge in [-0.1, -0.05) is 29.8 Å². The highest BCUT2D eigenvalue weighted by molar-refractivity contribution is 5.95. The molecular weight excluding hydrogens is 252 g/mol. The first-order chi connectivity index (χ1) is 9.58. The number of ether oxygens (including phenoxy) is 1. The van der Waals surface area contributed by atoms with Gasteiger partial charge in [0.15, 0.2) is 0 Å². The number of anilines is 2. The maximum absolute atomic E-state index is 12.0. The molecule has 4 heteroatoms. The van der Waals surface area contributed by atoms with Crippen molar-refractivity contribution in [2.24, 2.45) is 0 Å². The van der Waals surface area contributed by atoms with Crippen LogP contribution >= 0.6 is 0 Å². The van der Waals surface area contributed by atoms with Gasteiger partial charge in [-0.2, -0.15) is 0 Å². The Bertz CT molecular complexity index is 606. The number of hydrogen-bond acceptors (Lipinski definition) is 3. The molecular formula is C16H18N2O2. The molecule has 20 heavy (non-hydrogen) atoms. The van der Waals surface area contributed by atoms with Gasteiger partial charge in [0.25, 0.3) is 0 Å². The molecule has 4 nitrogen and oxygen atoms in total. The number of amides is 1. The van der Waals surface area contributed by atoms with E-state index in [-0.39, 0.29) is 5.91 Å². The summed E-state index contributed by atoms with van der Waals surface area (Å²) in [4.78, 5) is 12.0. The second-order valence-corrected chi connectivity index (χ2v) is 4.66. The van der Waals surface area contributed by atoms with E-state index in [0.717, 1.165) is 5.56 Å². The molecule has 0 radical (unpaired) electrons. The van der Waals surface area contributed by atoms with E-state index in [4.69, 9.17) is 10.5 Å². The van der Waals surface area contributed by atoms with Crippen LogP contribution in [0.4, 0.5) is 11.4 Å². The summed E-state index contributed by atoms with van der Waals surface area (Å²) >= 11 is 0. The largest absolute Gasteiger partial charge is 0.497 e. The maximum Gasteiger partial charge on any atom is 0.228 e. The fourth-order valence-corrected chi connectivity index (χ4v) is 1.87. The summed E-state index contributed by atoms with van der Waals surface area (Å²) < 4.78 is 5.07. The third-order valence-corrected chi connectivity index (χ3v) is 3.02. The SMILES string of the molecule is COc1ccc(NC(=O)Cc2ccc(C)cc2)c(N)c1. The van der Waals surface area contributed by atoms with E-state index < -0.39 is 0 Å². The number of rotatable bonds is 4. The second-order valence-electron chi connectivity index (χ2n) is 4.66. The summed E-state index contributed by atoms with van der Waals surface area (Å²) in [7, 11) is 1.57. The zero-order valence-corrected chi connectivity index (χ0v) is 11.6. The van der Waals surface area contributed by atoms with E-state index in [1.807, 2.05) is 31.2 Å². The summed E-state index contributed by atoms with van der Waals surface area (Å²) in [5.74, 6) is 0.574. The topological polar surface area (TPSA) is 64.3 Å². The van der Waals surface area contributed by atoms with Crippen molar-refractivity contribution in [3.05, 3.63) is 53.6 Å². The third kappa shape index (κ3) is 3.51. The molecule has 2 rings (SSSR count). The van der Waals surface area contributed by atoms with Gasteiger partial charge in [-0.15, -0.1) is 0 Å². The second kappa shape index (κ2) is 6.10. The lowest BCUT2D eigenvalue weighted by Crippen LogP contribution is -2.15. The van der Waals surface area contributed by atoms with Gasteiger partial charge in [-0.05, 0) is 24.6 Å². The fraction of sp³-hybridized carbons (Fsp3) is 0.188. The van der Waals surface area contributed by atoms with Gasteiger partial charge >= 0.3 is 0 Å². The van der Waals surface area contributed by atoms with Crippen LogP contribution in [0, 0.1) is 6.92 Å². The van der Waals surface area contributed by atoms with Gasteiger partial charge in [0, 0.05) is 6.07 Å². The van der Waals surface area contributed by atoms with Gasteiger partial charge < -0.3 is 15.8 Å². The summed E-state index contributed by atoms with van der Waals surface area (Å²) in [6.07, 6.45) is 0.325. The zero-order chi connectivity index (χ0) is 14.5. The minimum absolute atomic E-state index is 0.0919. The normalized spacial score (nSPS) is 10.1. The van der Waals surface area contributed by atoms with Crippen LogP contribution in [-0.2, 0) is 11.2 Å². The summed E-state index contributed by atoms with van der Waals surface area (Å²) in [6, 6.07) is 13.1. The van der Waals surface area contributed by atoms with Gasteiger partial charge in [0.1, 0.15) is 5.75 Å². The minimum atomic E-state index is -0.0919. The Morgan fingerprint density at radius 2 is 1.90 bits per heavy atom. The van der Waals surface area contributed by atoms with Crippen molar-refractivity contribution in [3.8, 4) is 5.75 Å². The molecule has 0 unspecified atom stereocenters. The molecule has 3 N–H and O–H groups in total. The van der Waals surface area contributed by atoms with Crippen molar-refractivity contribution < 1.29 is 9.53 Å². The van der Waals surface area contributed by atoms with Crippen molar-refractivity contribution >= 4 is 17.3 Å². The lowest BCUT2D eigenvalue weighted by molar-refractivity contribution is -0.115. The monoisotopic (exact) mass is 270 g/mol. The number of carbonyl (C=O) groups is 1. The Balaban J connectivity index is 2.02. The summed E-state index contributed by atoms with van der Waals surface area (Å²) in [5, 5.41) is 2.81. The van der Waals surface area contributed by atoms with Gasteiger partial charge in [0.05, 0.1) is 24.9 Å². The number of hydrogen-bond donors (Lipinski definition) is 2. The van der Waals surface area contributed by atoms with Crippen LogP contribution in [0.15, 0.2) is 42.5 Å². The molecule has 2 aromatic carbocycles. The molecule has 0 bridgehead atoms. The first-order valence-corrected chi connectivity index (χ1v) is 6.37. The Hall–Kier alpha value is -2.49. The first-order valence-electron chi connectivity index (χ1n) is 6.37. The average molecular weight is 270 g/mol. The number of aryl methyl sites for hydroxylation is 1. The molecule has 0 saturated carbocycles. The Labute approximate surface area is 118 Å². The van der Waals surface area contributed by atoms with E-state index in [1.165, 1.54) is 5.56 Å². The highest BCUT2D eigenvalue weighted by atomic mass is 16.5. The molecule has 2 aromatic rings. The summed E-state index contributed by atoms with van der Waals surface area (Å²) in [6.45, 7) is 2.02. The number of benzene rings is 2. The molecule has 0 aliphatic rings. The molecule has 0 saturated heterocycles. The van der Waals surface area contributed by atoms with Gasteiger partial charge in [-0.25, -0.2) is 0 Å². The van der Waals surface area contributed by atoms with Crippen molar-refractivity contribution in [1.29, 1.82) is 0 Å². The lowest BCUT2D eigenvalue weighted by atomic mass is 10.1. The molecule has 0 fully saturated rings. The quantitative estimate of drug-likeness (QED) is 0.840. The van der Waals surface area contributed by atoms with Crippen LogP contribution in [0.2, 0.25) is 0 Å². The van der Waals surface area contributed by atoms with Crippen molar-refractivity contribution in [1.82, 2.24) is 0 Å². The number of methoxy groups -OCH3 is 1. The van der Waals surface area contributed by atoms with Crippen LogP contribution in [0.25, 0.3) is 0 Å². The molecule has 0 aliphatic heterocycles. The van der Waals surface area contributed by atoms with Crippen LogP contribution < -0.4 is 15.8 Å². The zero-order valence-electron chi connectivity index (χ0n) is 11.6. The van der Waals surface area contributed by atoms with E-state index >= 15 is 0 Å². The fourth-order valence-electron chi connectivity index (χ4n) is 1.87. The van der Waals surface area contributed by atoms with E-state index in [1.54, 1.807) is 25.3 Å². The first kappa shape index (κ1) is 13.9. The van der Waals surface area contributed by atoms with Crippen LogP contribution in [0.3, 0.4) is 0 Å². The molecule has 0 spiro atoms. The smallest absolute Gasteiger partial charge is 0.228 e. The maximum atomic E-state index is 12.0. The van der Waals surface area contributed by atoms with Gasteiger partial charge in [-0.3, -0.25) is 4.79 Å². The Kier molecular flexibility index (Phi) is 4.25. The standard InChI is InChI=1S/C16H18N2O2/c1-11-3-5-12(6-4-11)9-16(19)18-15-8-7-13(20-2)10-14(15)17/h3-8,10H,9,17H2,1-2H3,(H,18,19). The lowest BCUT2D eigenvalue weighted by Gasteiger charge is -2.09. The van der Waals surface area contributed by atoms with E-state index in [9.17, 15) is 4.79 Å². The minimum Gasteiger partial charge on any atom is -0.497 e. The van der Waals surface area contributed by atoms with Crippen molar-refractivity contribution in [2.75, 3.05) is 18.2 Å². The van der Waals surface area contributed by atoms with E-state index in [0.29, 0.717) is 23.5 Å². The predicted octanol–water partition coefficient (Wildman–Crippen LogP) is 2.77. The average Bonchev–Trinajstić information content (AvgIpc) is 2.43. The van der Waals surface area contributed by atoms with Crippen LogP contribution in [0.1, 0.15) is 11.1 Å². The van der Waals surface area contributed by atoms with Crippen LogP contribution in [-0.4, -0.2) is 13.0 Å². The highest BCUT2D eigenvalue weighted by Gasteiger charge is 2.07. The number of nitrogens with two attached hydrogens (primary N) is 1. The molecule has 1 amide bonds. The highest BCUT2D eigenvalue weighted by Crippen LogP contribution is 2.24. The summed E-state index contributed by atoms with van der Waals surface area (Å²) in [5.41, 5.74) is 9.10. The Morgan fingerprint density at radius 1 is 1.20 bits per heavy atom. The third-order valence-electron chi connectivity index (χ3n) is 3.02. The molecule has 0 aliphatic carbocycles. The molecule has 0 atom stereocenters. The molecule has 0 heterocycles. The van der Waals surface area contributed by atoms with Crippen molar-refractivity contribution in [3.63, 3.8) is 0 Å². The van der Waals surface area contributed by atoms with Gasteiger partial charge in [0.2, 0.25) is 5.91 Å². The molecule has 104 valence electrons. The predicted molar refractivity (Wildman–Crippen MR) is 80.9 cm³/mol. The number of nitrogen functional groups attached to an aromatic ring is 1. The van der Waals surface area contributed by atoms with Crippen molar-refractivity contribution in [2.45, 2.75) is 13.3 Å². The number of carbonyl (C=O) groups excluding carboxylic acids is 1. The molecule has 0 aromatic heterocycles. The van der Waals surface area contributed by atoms with Crippen LogP contribution in [0.5, 0.6) is 5.75 Å².